The number of carbonyl (C=O) groups is 1. The summed E-state index contributed by atoms with van der Waals surface area (Å²) >= 11 is 19.6. The highest BCUT2D eigenvalue weighted by Gasteiger charge is 2.18. The lowest BCUT2D eigenvalue weighted by atomic mass is 10.2. The fourth-order valence-corrected chi connectivity index (χ4v) is 4.37. The Morgan fingerprint density at radius 1 is 0.938 bits per heavy atom. The summed E-state index contributed by atoms with van der Waals surface area (Å²) in [7, 11) is 0. The molecular weight excluding hydrogens is 487 g/mol. The van der Waals surface area contributed by atoms with Crippen molar-refractivity contribution in [2.75, 3.05) is 11.1 Å². The van der Waals surface area contributed by atoms with E-state index in [0.717, 1.165) is 16.8 Å². The molecule has 162 valence electrons. The monoisotopic (exact) mass is 502 g/mol. The number of amides is 1. The quantitative estimate of drug-likeness (QED) is 0.290. The lowest BCUT2D eigenvalue weighted by Crippen LogP contribution is -2.15. The Kier molecular flexibility index (Phi) is 7.06. The normalized spacial score (nSPS) is 10.9. The highest BCUT2D eigenvalue weighted by molar-refractivity contribution is 7.99. The SMILES string of the molecule is Cc1ccc(-n2c(SCC(=O)Nc3c(Cl)cccc3Cl)nnc2-c2ccc(Cl)cc2)cc1. The van der Waals surface area contributed by atoms with Gasteiger partial charge in [0.1, 0.15) is 0 Å². The van der Waals surface area contributed by atoms with Gasteiger partial charge in [-0.05, 0) is 55.5 Å². The first-order valence-electron chi connectivity index (χ1n) is 9.57. The van der Waals surface area contributed by atoms with E-state index < -0.39 is 0 Å². The van der Waals surface area contributed by atoms with Gasteiger partial charge in [-0.1, -0.05) is 70.3 Å². The van der Waals surface area contributed by atoms with E-state index in [0.29, 0.717) is 31.7 Å². The Hall–Kier alpha value is -2.51. The van der Waals surface area contributed by atoms with Crippen LogP contribution < -0.4 is 5.32 Å². The summed E-state index contributed by atoms with van der Waals surface area (Å²) in [6.45, 7) is 2.02. The molecule has 0 unspecified atom stereocenters. The Bertz CT molecular complexity index is 1240. The predicted octanol–water partition coefficient (Wildman–Crippen LogP) is 6.93. The number of para-hydroxylation sites is 1. The minimum Gasteiger partial charge on any atom is -0.323 e. The summed E-state index contributed by atoms with van der Waals surface area (Å²) < 4.78 is 1.92. The molecule has 0 spiro atoms. The Morgan fingerprint density at radius 2 is 1.59 bits per heavy atom. The van der Waals surface area contributed by atoms with Crippen LogP contribution in [0.3, 0.4) is 0 Å². The molecule has 9 heteroatoms. The molecule has 0 aliphatic carbocycles. The Morgan fingerprint density at radius 3 is 2.25 bits per heavy atom. The number of halogens is 3. The molecule has 1 heterocycles. The molecule has 0 bridgehead atoms. The van der Waals surface area contributed by atoms with Gasteiger partial charge in [-0.15, -0.1) is 10.2 Å². The molecule has 3 aromatic carbocycles. The molecule has 0 radical (unpaired) electrons. The number of rotatable bonds is 6. The van der Waals surface area contributed by atoms with Crippen molar-refractivity contribution >= 4 is 58.2 Å². The zero-order valence-corrected chi connectivity index (χ0v) is 19.9. The third-order valence-electron chi connectivity index (χ3n) is 4.59. The van der Waals surface area contributed by atoms with Crippen LogP contribution in [0.2, 0.25) is 15.1 Å². The Labute approximate surface area is 204 Å². The van der Waals surface area contributed by atoms with Gasteiger partial charge < -0.3 is 5.32 Å². The molecule has 0 atom stereocenters. The molecule has 4 rings (SSSR count). The van der Waals surface area contributed by atoms with E-state index in [4.69, 9.17) is 34.8 Å². The first kappa shape index (κ1) is 22.7. The maximum absolute atomic E-state index is 12.6. The van der Waals surface area contributed by atoms with Crippen molar-refractivity contribution in [3.8, 4) is 17.1 Å². The van der Waals surface area contributed by atoms with Crippen LogP contribution in [0.25, 0.3) is 17.1 Å². The minimum absolute atomic E-state index is 0.103. The molecule has 5 nitrogen and oxygen atoms in total. The van der Waals surface area contributed by atoms with Gasteiger partial charge in [0.15, 0.2) is 11.0 Å². The molecular formula is C23H17Cl3N4OS. The number of nitrogens with zero attached hydrogens (tertiary/aromatic N) is 3. The van der Waals surface area contributed by atoms with E-state index in [2.05, 4.69) is 15.5 Å². The zero-order chi connectivity index (χ0) is 22.7. The van der Waals surface area contributed by atoms with Crippen LogP contribution in [0.1, 0.15) is 5.56 Å². The number of anilines is 1. The maximum atomic E-state index is 12.6. The number of hydrogen-bond donors (Lipinski definition) is 1. The Balaban J connectivity index is 1.61. The number of benzene rings is 3. The second-order valence-corrected chi connectivity index (χ2v) is 9.11. The number of aromatic nitrogens is 3. The summed E-state index contributed by atoms with van der Waals surface area (Å²) in [5, 5.41) is 13.5. The van der Waals surface area contributed by atoms with Crippen LogP contribution in [0.5, 0.6) is 0 Å². The van der Waals surface area contributed by atoms with E-state index in [1.165, 1.54) is 11.8 Å². The lowest BCUT2D eigenvalue weighted by molar-refractivity contribution is -0.113. The topological polar surface area (TPSA) is 59.8 Å². The largest absolute Gasteiger partial charge is 0.323 e. The van der Waals surface area contributed by atoms with Crippen molar-refractivity contribution in [3.63, 3.8) is 0 Å². The molecule has 0 fully saturated rings. The van der Waals surface area contributed by atoms with Gasteiger partial charge in [-0.3, -0.25) is 9.36 Å². The van der Waals surface area contributed by atoms with Crippen molar-refractivity contribution in [1.82, 2.24) is 14.8 Å². The number of hydrogen-bond acceptors (Lipinski definition) is 4. The van der Waals surface area contributed by atoms with Crippen LogP contribution in [0.15, 0.2) is 71.9 Å². The van der Waals surface area contributed by atoms with Gasteiger partial charge >= 0.3 is 0 Å². The first-order chi connectivity index (χ1) is 15.4. The van der Waals surface area contributed by atoms with Crippen LogP contribution in [-0.4, -0.2) is 26.4 Å². The fourth-order valence-electron chi connectivity index (χ4n) is 3.00. The third kappa shape index (κ3) is 5.10. The van der Waals surface area contributed by atoms with Crippen molar-refractivity contribution in [2.24, 2.45) is 0 Å². The predicted molar refractivity (Wildman–Crippen MR) is 132 cm³/mol. The maximum Gasteiger partial charge on any atom is 0.234 e. The summed E-state index contributed by atoms with van der Waals surface area (Å²) in [5.41, 5.74) is 3.28. The van der Waals surface area contributed by atoms with E-state index in [-0.39, 0.29) is 11.7 Å². The fraction of sp³-hybridized carbons (Fsp3) is 0.0870. The summed E-state index contributed by atoms with van der Waals surface area (Å²) in [6.07, 6.45) is 0. The van der Waals surface area contributed by atoms with Crippen LogP contribution in [0, 0.1) is 6.92 Å². The van der Waals surface area contributed by atoms with Crippen molar-refractivity contribution in [1.29, 1.82) is 0 Å². The molecule has 32 heavy (non-hydrogen) atoms. The number of thioether (sulfide) groups is 1. The second-order valence-electron chi connectivity index (χ2n) is 6.92. The number of carbonyl (C=O) groups excluding carboxylic acids is 1. The minimum atomic E-state index is -0.253. The lowest BCUT2D eigenvalue weighted by Gasteiger charge is -2.12. The summed E-state index contributed by atoms with van der Waals surface area (Å²) in [6, 6.07) is 20.5. The first-order valence-corrected chi connectivity index (χ1v) is 11.7. The van der Waals surface area contributed by atoms with E-state index >= 15 is 0 Å². The molecule has 4 aromatic rings. The zero-order valence-electron chi connectivity index (χ0n) is 16.8. The van der Waals surface area contributed by atoms with Gasteiger partial charge in [0.2, 0.25) is 5.91 Å². The second kappa shape index (κ2) is 9.96. The summed E-state index contributed by atoms with van der Waals surface area (Å²) in [4.78, 5) is 12.6. The molecule has 0 aliphatic rings. The van der Waals surface area contributed by atoms with E-state index in [1.54, 1.807) is 30.3 Å². The molecule has 0 saturated heterocycles. The standard InChI is InChI=1S/C23H17Cl3N4OS/c1-14-5-11-17(12-6-14)30-22(15-7-9-16(24)10-8-15)28-29-23(30)32-13-20(31)27-21-18(25)3-2-4-19(21)26/h2-12H,13H2,1H3,(H,27,31). The molecule has 1 aromatic heterocycles. The van der Waals surface area contributed by atoms with Gasteiger partial charge in [0.05, 0.1) is 21.5 Å². The van der Waals surface area contributed by atoms with Gasteiger partial charge in [-0.25, -0.2) is 0 Å². The number of aryl methyl sites for hydroxylation is 1. The molecule has 1 amide bonds. The van der Waals surface area contributed by atoms with Crippen molar-refractivity contribution < 1.29 is 4.79 Å². The van der Waals surface area contributed by atoms with E-state index in [1.807, 2.05) is 47.9 Å². The number of nitrogens with one attached hydrogen (secondary N) is 1. The summed E-state index contributed by atoms with van der Waals surface area (Å²) in [5.74, 6) is 0.505. The average Bonchev–Trinajstić information content (AvgIpc) is 3.20. The van der Waals surface area contributed by atoms with Crippen LogP contribution in [-0.2, 0) is 4.79 Å². The van der Waals surface area contributed by atoms with Gasteiger partial charge in [0, 0.05) is 16.3 Å². The van der Waals surface area contributed by atoms with Crippen LogP contribution in [0.4, 0.5) is 5.69 Å². The highest BCUT2D eigenvalue weighted by Crippen LogP contribution is 2.31. The third-order valence-corrected chi connectivity index (χ3v) is 6.40. The van der Waals surface area contributed by atoms with Crippen molar-refractivity contribution in [3.05, 3.63) is 87.4 Å². The van der Waals surface area contributed by atoms with Crippen LogP contribution >= 0.6 is 46.6 Å². The molecule has 0 aliphatic heterocycles. The van der Waals surface area contributed by atoms with E-state index in [9.17, 15) is 4.79 Å². The smallest absolute Gasteiger partial charge is 0.234 e. The highest BCUT2D eigenvalue weighted by atomic mass is 35.5. The average molecular weight is 504 g/mol. The van der Waals surface area contributed by atoms with Crippen molar-refractivity contribution in [2.45, 2.75) is 12.1 Å². The molecule has 1 N–H and O–H groups in total. The molecule has 0 saturated carbocycles. The van der Waals surface area contributed by atoms with Gasteiger partial charge in [-0.2, -0.15) is 0 Å². The van der Waals surface area contributed by atoms with Gasteiger partial charge in [0.25, 0.3) is 0 Å².